The van der Waals surface area contributed by atoms with Gasteiger partial charge in [-0.25, -0.2) is 0 Å². The topological polar surface area (TPSA) is 67.9 Å². The van der Waals surface area contributed by atoms with Gasteiger partial charge in [0.1, 0.15) is 0 Å². The predicted molar refractivity (Wildman–Crippen MR) is 150 cm³/mol. The average Bonchev–Trinajstić information content (AvgIpc) is 3.12. The zero-order valence-electron chi connectivity index (χ0n) is 19.2. The highest BCUT2D eigenvalue weighted by Crippen LogP contribution is 2.40. The molecule has 10 heteroatoms. The summed E-state index contributed by atoms with van der Waals surface area (Å²) in [5, 5.41) is 3.56. The molecule has 184 valence electrons. The first-order valence-corrected chi connectivity index (χ1v) is 12.6. The second-order valence-corrected chi connectivity index (χ2v) is 10.2. The van der Waals surface area contributed by atoms with Crippen LogP contribution in [0.25, 0.3) is 6.08 Å². The summed E-state index contributed by atoms with van der Waals surface area (Å²) in [7, 11) is 1.47. The number of thiocarbonyl (C=S) groups is 1. The molecule has 1 N–H and O–H groups in total. The fourth-order valence-corrected chi connectivity index (χ4v) is 5.07. The standard InChI is InChI=1S/C26H20Cl2N2O4S2/c1-15-3-7-18(8-4-15)29-23(31)14-34-24-20(28)11-16(12-21(24)33-2)13-22-25(32)30(26(35)36-22)19-9-5-17(27)6-10-19/h3-13H,14H2,1-2H3,(H,29,31)/b22-13-. The monoisotopic (exact) mass is 558 g/mol. The summed E-state index contributed by atoms with van der Waals surface area (Å²) in [6.07, 6.45) is 1.68. The van der Waals surface area contributed by atoms with Crippen LogP contribution in [0.1, 0.15) is 11.1 Å². The molecule has 0 radical (unpaired) electrons. The quantitative estimate of drug-likeness (QED) is 0.256. The average molecular weight is 559 g/mol. The Morgan fingerprint density at radius 2 is 1.81 bits per heavy atom. The van der Waals surface area contributed by atoms with Crippen LogP contribution < -0.4 is 19.7 Å². The van der Waals surface area contributed by atoms with Crippen LogP contribution in [0.5, 0.6) is 11.5 Å². The molecule has 1 fully saturated rings. The number of carbonyl (C=O) groups is 2. The third kappa shape index (κ3) is 6.02. The summed E-state index contributed by atoms with van der Waals surface area (Å²) in [5.41, 5.74) is 3.00. The minimum Gasteiger partial charge on any atom is -0.493 e. The molecule has 0 saturated carbocycles. The Bertz CT molecular complexity index is 1360. The van der Waals surface area contributed by atoms with Crippen LogP contribution in [0.3, 0.4) is 0 Å². The number of aryl methyl sites for hydroxylation is 1. The number of methoxy groups -OCH3 is 1. The van der Waals surface area contributed by atoms with Gasteiger partial charge in [-0.1, -0.05) is 64.9 Å². The number of nitrogens with one attached hydrogen (secondary N) is 1. The lowest BCUT2D eigenvalue weighted by molar-refractivity contribution is -0.118. The Balaban J connectivity index is 1.49. The SMILES string of the molecule is COc1cc(/C=C2\SC(=S)N(c3ccc(Cl)cc3)C2=O)cc(Cl)c1OCC(=O)Nc1ccc(C)cc1. The molecule has 3 aromatic carbocycles. The molecule has 1 aliphatic heterocycles. The molecular formula is C26H20Cl2N2O4S2. The van der Waals surface area contributed by atoms with Crippen molar-refractivity contribution in [3.05, 3.63) is 86.7 Å². The van der Waals surface area contributed by atoms with Gasteiger partial charge in [-0.2, -0.15) is 0 Å². The first-order valence-electron chi connectivity index (χ1n) is 10.7. The highest BCUT2D eigenvalue weighted by atomic mass is 35.5. The van der Waals surface area contributed by atoms with Crippen molar-refractivity contribution >= 4 is 80.8 Å². The highest BCUT2D eigenvalue weighted by Gasteiger charge is 2.33. The van der Waals surface area contributed by atoms with Crippen LogP contribution in [0, 0.1) is 6.92 Å². The van der Waals surface area contributed by atoms with Crippen LogP contribution in [0.2, 0.25) is 10.0 Å². The van der Waals surface area contributed by atoms with Gasteiger partial charge >= 0.3 is 0 Å². The van der Waals surface area contributed by atoms with Crippen molar-refractivity contribution in [2.24, 2.45) is 0 Å². The molecule has 0 atom stereocenters. The predicted octanol–water partition coefficient (Wildman–Crippen LogP) is 6.73. The summed E-state index contributed by atoms with van der Waals surface area (Å²) in [5.74, 6) is -0.0448. The molecular weight excluding hydrogens is 539 g/mol. The number of hydrogen-bond donors (Lipinski definition) is 1. The lowest BCUT2D eigenvalue weighted by atomic mass is 10.1. The number of nitrogens with zero attached hydrogens (tertiary/aromatic N) is 1. The number of amides is 2. The van der Waals surface area contributed by atoms with E-state index in [0.717, 1.165) is 5.56 Å². The van der Waals surface area contributed by atoms with E-state index in [1.54, 1.807) is 42.5 Å². The Hall–Kier alpha value is -3.04. The van der Waals surface area contributed by atoms with Crippen LogP contribution >= 0.6 is 47.2 Å². The summed E-state index contributed by atoms with van der Waals surface area (Å²) >= 11 is 19.0. The van der Waals surface area contributed by atoms with Gasteiger partial charge in [0.05, 0.1) is 22.7 Å². The molecule has 1 aliphatic rings. The third-order valence-electron chi connectivity index (χ3n) is 5.11. The summed E-state index contributed by atoms with van der Waals surface area (Å²) in [6.45, 7) is 1.71. The second-order valence-electron chi connectivity index (χ2n) is 7.73. The van der Waals surface area contributed by atoms with Gasteiger partial charge in [0.15, 0.2) is 22.4 Å². The Kier molecular flexibility index (Phi) is 8.21. The Labute approximate surface area is 228 Å². The van der Waals surface area contributed by atoms with Crippen molar-refractivity contribution in [1.29, 1.82) is 0 Å². The normalized spacial score (nSPS) is 14.3. The van der Waals surface area contributed by atoms with Gasteiger partial charge in [-0.05, 0) is 67.1 Å². The van der Waals surface area contributed by atoms with Crippen molar-refractivity contribution < 1.29 is 19.1 Å². The third-order valence-corrected chi connectivity index (χ3v) is 6.95. The van der Waals surface area contributed by atoms with Crippen molar-refractivity contribution in [2.75, 3.05) is 23.9 Å². The Morgan fingerprint density at radius 3 is 2.47 bits per heavy atom. The van der Waals surface area contributed by atoms with Gasteiger partial charge in [0.25, 0.3) is 11.8 Å². The number of benzene rings is 3. The molecule has 6 nitrogen and oxygen atoms in total. The van der Waals surface area contributed by atoms with Crippen molar-refractivity contribution in [2.45, 2.75) is 6.92 Å². The minimum atomic E-state index is -0.341. The minimum absolute atomic E-state index is 0.226. The summed E-state index contributed by atoms with van der Waals surface area (Å²) in [6, 6.07) is 17.6. The molecule has 1 saturated heterocycles. The molecule has 2 amide bonds. The van der Waals surface area contributed by atoms with Gasteiger partial charge < -0.3 is 14.8 Å². The van der Waals surface area contributed by atoms with Crippen molar-refractivity contribution in [3.8, 4) is 11.5 Å². The van der Waals surface area contributed by atoms with Crippen LogP contribution in [0.4, 0.5) is 11.4 Å². The van der Waals surface area contributed by atoms with Gasteiger partial charge in [-0.3, -0.25) is 14.5 Å². The maximum Gasteiger partial charge on any atom is 0.270 e. The first-order chi connectivity index (χ1) is 17.2. The summed E-state index contributed by atoms with van der Waals surface area (Å²) in [4.78, 5) is 27.2. The summed E-state index contributed by atoms with van der Waals surface area (Å²) < 4.78 is 11.5. The van der Waals surface area contributed by atoms with E-state index in [0.29, 0.717) is 36.9 Å². The first kappa shape index (κ1) is 26.0. The van der Waals surface area contributed by atoms with E-state index in [-0.39, 0.29) is 29.2 Å². The van der Waals surface area contributed by atoms with Crippen LogP contribution in [-0.2, 0) is 9.59 Å². The van der Waals surface area contributed by atoms with E-state index in [1.807, 2.05) is 31.2 Å². The van der Waals surface area contributed by atoms with E-state index in [4.69, 9.17) is 44.9 Å². The van der Waals surface area contributed by atoms with Gasteiger partial charge in [0.2, 0.25) is 0 Å². The molecule has 0 aliphatic carbocycles. The number of thioether (sulfide) groups is 1. The number of carbonyl (C=O) groups excluding carboxylic acids is 2. The van der Waals surface area contributed by atoms with Gasteiger partial charge in [-0.15, -0.1) is 0 Å². The Morgan fingerprint density at radius 1 is 1.11 bits per heavy atom. The van der Waals surface area contributed by atoms with Crippen LogP contribution in [-0.4, -0.2) is 29.9 Å². The number of anilines is 2. The molecule has 36 heavy (non-hydrogen) atoms. The number of ether oxygens (including phenoxy) is 2. The molecule has 4 rings (SSSR count). The largest absolute Gasteiger partial charge is 0.493 e. The molecule has 3 aromatic rings. The van der Waals surface area contributed by atoms with E-state index in [9.17, 15) is 9.59 Å². The zero-order valence-corrected chi connectivity index (χ0v) is 22.4. The molecule has 1 heterocycles. The number of hydrogen-bond acceptors (Lipinski definition) is 6. The van der Waals surface area contributed by atoms with Crippen molar-refractivity contribution in [1.82, 2.24) is 0 Å². The lowest BCUT2D eigenvalue weighted by Gasteiger charge is -2.14. The smallest absolute Gasteiger partial charge is 0.270 e. The maximum absolute atomic E-state index is 13.0. The number of halogens is 2. The molecule has 0 aromatic heterocycles. The fraction of sp³-hybridized carbons (Fsp3) is 0.115. The van der Waals surface area contributed by atoms with Crippen LogP contribution in [0.15, 0.2) is 65.6 Å². The van der Waals surface area contributed by atoms with E-state index in [2.05, 4.69) is 5.32 Å². The lowest BCUT2D eigenvalue weighted by Crippen LogP contribution is -2.27. The molecule has 0 unspecified atom stereocenters. The van der Waals surface area contributed by atoms with Gasteiger partial charge in [0, 0.05) is 10.7 Å². The van der Waals surface area contributed by atoms with E-state index >= 15 is 0 Å². The number of rotatable bonds is 7. The second kappa shape index (κ2) is 11.3. The zero-order chi connectivity index (χ0) is 25.8. The fourth-order valence-electron chi connectivity index (χ4n) is 3.37. The molecule has 0 bridgehead atoms. The highest BCUT2D eigenvalue weighted by molar-refractivity contribution is 8.27. The maximum atomic E-state index is 13.0. The van der Waals surface area contributed by atoms with Crippen molar-refractivity contribution in [3.63, 3.8) is 0 Å². The van der Waals surface area contributed by atoms with E-state index in [1.165, 1.54) is 23.8 Å². The molecule has 0 spiro atoms. The van der Waals surface area contributed by atoms with E-state index < -0.39 is 0 Å².